The molecule has 4 heteroatoms. The van der Waals surface area contributed by atoms with Crippen LogP contribution in [0.4, 0.5) is 4.39 Å². The third-order valence-electron chi connectivity index (χ3n) is 3.48. The fourth-order valence-corrected chi connectivity index (χ4v) is 2.43. The van der Waals surface area contributed by atoms with Gasteiger partial charge >= 0.3 is 0 Å². The fraction of sp³-hybridized carbons (Fsp3) is 0.235. The summed E-state index contributed by atoms with van der Waals surface area (Å²) in [6, 6.07) is 10.7. The molecule has 0 spiro atoms. The van der Waals surface area contributed by atoms with Crippen LogP contribution in [0.25, 0.3) is 11.0 Å². The highest BCUT2D eigenvalue weighted by atomic mass is 19.1. The Kier molecular flexibility index (Phi) is 3.71. The van der Waals surface area contributed by atoms with Gasteiger partial charge < -0.3 is 9.73 Å². The van der Waals surface area contributed by atoms with Crippen LogP contribution in [-0.4, -0.2) is 11.5 Å². The van der Waals surface area contributed by atoms with Crippen LogP contribution in [0.15, 0.2) is 47.0 Å². The summed E-state index contributed by atoms with van der Waals surface area (Å²) in [5.41, 5.74) is 2.27. The van der Waals surface area contributed by atoms with Crippen molar-refractivity contribution < 1.29 is 8.81 Å². The molecule has 1 unspecified atom stereocenters. The van der Waals surface area contributed by atoms with Crippen LogP contribution in [-0.2, 0) is 0 Å². The van der Waals surface area contributed by atoms with Gasteiger partial charge in [-0.2, -0.15) is 0 Å². The SMILES string of the molecule is CCNC(c1ccc(C)nc1)c1cc2cccc(F)c2o1. The first-order valence-corrected chi connectivity index (χ1v) is 7.03. The van der Waals surface area contributed by atoms with Crippen molar-refractivity contribution in [2.75, 3.05) is 6.54 Å². The molecule has 3 nitrogen and oxygen atoms in total. The Bertz CT molecular complexity index is 749. The lowest BCUT2D eigenvalue weighted by Gasteiger charge is -2.15. The number of aryl methyl sites for hydroxylation is 1. The minimum Gasteiger partial charge on any atom is -0.456 e. The second-order valence-corrected chi connectivity index (χ2v) is 5.03. The largest absolute Gasteiger partial charge is 0.456 e. The van der Waals surface area contributed by atoms with Crippen LogP contribution in [0.1, 0.15) is 30.0 Å². The number of hydrogen-bond acceptors (Lipinski definition) is 3. The van der Waals surface area contributed by atoms with E-state index in [2.05, 4.69) is 10.3 Å². The van der Waals surface area contributed by atoms with E-state index in [-0.39, 0.29) is 11.9 Å². The summed E-state index contributed by atoms with van der Waals surface area (Å²) < 4.78 is 19.5. The van der Waals surface area contributed by atoms with E-state index in [1.54, 1.807) is 6.07 Å². The van der Waals surface area contributed by atoms with Crippen LogP contribution in [0.5, 0.6) is 0 Å². The quantitative estimate of drug-likeness (QED) is 0.787. The minimum atomic E-state index is -0.337. The summed E-state index contributed by atoms with van der Waals surface area (Å²) in [5, 5.41) is 4.13. The van der Waals surface area contributed by atoms with Gasteiger partial charge in [-0.25, -0.2) is 4.39 Å². The highest BCUT2D eigenvalue weighted by Crippen LogP contribution is 2.29. The first-order chi connectivity index (χ1) is 10.2. The van der Waals surface area contributed by atoms with Gasteiger partial charge in [-0.05, 0) is 37.2 Å². The van der Waals surface area contributed by atoms with E-state index in [1.807, 2.05) is 44.3 Å². The number of aromatic nitrogens is 1. The molecule has 21 heavy (non-hydrogen) atoms. The monoisotopic (exact) mass is 284 g/mol. The standard InChI is InChI=1S/C17H17FN2O/c1-3-19-16(13-8-7-11(2)20-10-13)15-9-12-5-4-6-14(18)17(12)21-15/h4-10,16,19H,3H2,1-2H3. The number of benzene rings is 1. The molecule has 0 aliphatic heterocycles. The van der Waals surface area contributed by atoms with Gasteiger partial charge in [-0.3, -0.25) is 4.98 Å². The second kappa shape index (κ2) is 5.66. The molecule has 0 bridgehead atoms. The topological polar surface area (TPSA) is 38.1 Å². The van der Waals surface area contributed by atoms with Crippen molar-refractivity contribution in [2.45, 2.75) is 19.9 Å². The molecule has 1 aromatic carbocycles. The lowest BCUT2D eigenvalue weighted by atomic mass is 10.1. The predicted molar refractivity (Wildman–Crippen MR) is 80.7 cm³/mol. The molecular weight excluding hydrogens is 267 g/mol. The van der Waals surface area contributed by atoms with Gasteiger partial charge in [0.25, 0.3) is 0 Å². The molecule has 3 rings (SSSR count). The summed E-state index contributed by atoms with van der Waals surface area (Å²) in [4.78, 5) is 4.32. The van der Waals surface area contributed by atoms with Crippen LogP contribution >= 0.6 is 0 Å². The minimum absolute atomic E-state index is 0.130. The normalized spacial score (nSPS) is 12.7. The Morgan fingerprint density at radius 3 is 2.81 bits per heavy atom. The molecular formula is C17H17FN2O. The number of furan rings is 1. The molecule has 3 aromatic rings. The molecule has 0 aliphatic carbocycles. The number of nitrogens with zero attached hydrogens (tertiary/aromatic N) is 1. The summed E-state index contributed by atoms with van der Waals surface area (Å²) in [6.07, 6.45) is 1.83. The van der Waals surface area contributed by atoms with Crippen LogP contribution in [0.2, 0.25) is 0 Å². The third kappa shape index (κ3) is 2.67. The van der Waals surface area contributed by atoms with Crippen molar-refractivity contribution in [3.8, 4) is 0 Å². The van der Waals surface area contributed by atoms with E-state index in [9.17, 15) is 4.39 Å². The van der Waals surface area contributed by atoms with Crippen molar-refractivity contribution >= 4 is 11.0 Å². The summed E-state index contributed by atoms with van der Waals surface area (Å²) >= 11 is 0. The lowest BCUT2D eigenvalue weighted by molar-refractivity contribution is 0.464. The van der Waals surface area contributed by atoms with Gasteiger partial charge in [-0.1, -0.05) is 25.1 Å². The van der Waals surface area contributed by atoms with Crippen LogP contribution in [0.3, 0.4) is 0 Å². The molecule has 108 valence electrons. The summed E-state index contributed by atoms with van der Waals surface area (Å²) in [7, 11) is 0. The second-order valence-electron chi connectivity index (χ2n) is 5.03. The first kappa shape index (κ1) is 13.8. The maximum Gasteiger partial charge on any atom is 0.169 e. The molecule has 0 amide bonds. The average molecular weight is 284 g/mol. The Morgan fingerprint density at radius 1 is 1.29 bits per heavy atom. The van der Waals surface area contributed by atoms with Crippen LogP contribution in [0, 0.1) is 12.7 Å². The van der Waals surface area contributed by atoms with E-state index in [0.717, 1.165) is 23.2 Å². The maximum atomic E-state index is 13.8. The van der Waals surface area contributed by atoms with Gasteiger partial charge in [0.1, 0.15) is 5.76 Å². The molecule has 0 aliphatic rings. The first-order valence-electron chi connectivity index (χ1n) is 7.03. The zero-order valence-corrected chi connectivity index (χ0v) is 12.1. The fourth-order valence-electron chi connectivity index (χ4n) is 2.43. The molecule has 1 N–H and O–H groups in total. The van der Waals surface area contributed by atoms with Crippen LogP contribution < -0.4 is 5.32 Å². The number of pyridine rings is 1. The molecule has 2 heterocycles. The number of halogens is 1. The number of para-hydroxylation sites is 1. The van der Waals surface area contributed by atoms with Gasteiger partial charge in [0.05, 0.1) is 6.04 Å². The molecule has 0 radical (unpaired) electrons. The van der Waals surface area contributed by atoms with Crippen molar-refractivity contribution in [3.63, 3.8) is 0 Å². The van der Waals surface area contributed by atoms with Gasteiger partial charge in [0.15, 0.2) is 11.4 Å². The summed E-state index contributed by atoms with van der Waals surface area (Å²) in [6.45, 7) is 4.75. The molecule has 0 fully saturated rings. The molecule has 1 atom stereocenters. The summed E-state index contributed by atoms with van der Waals surface area (Å²) in [5.74, 6) is 0.360. The van der Waals surface area contributed by atoms with Crippen molar-refractivity contribution in [1.29, 1.82) is 0 Å². The predicted octanol–water partition coefficient (Wildman–Crippen LogP) is 3.97. The number of fused-ring (bicyclic) bond motifs is 1. The Balaban J connectivity index is 2.06. The molecule has 0 saturated heterocycles. The van der Waals surface area contributed by atoms with Crippen molar-refractivity contribution in [1.82, 2.24) is 10.3 Å². The highest BCUT2D eigenvalue weighted by molar-refractivity contribution is 5.78. The third-order valence-corrected chi connectivity index (χ3v) is 3.48. The van der Waals surface area contributed by atoms with Gasteiger partial charge in [0, 0.05) is 17.3 Å². The zero-order chi connectivity index (χ0) is 14.8. The van der Waals surface area contributed by atoms with E-state index in [0.29, 0.717) is 11.3 Å². The zero-order valence-electron chi connectivity index (χ0n) is 12.1. The van der Waals surface area contributed by atoms with Crippen molar-refractivity contribution in [2.24, 2.45) is 0 Å². The average Bonchev–Trinajstić information content (AvgIpc) is 2.91. The number of hydrogen-bond donors (Lipinski definition) is 1. The van der Waals surface area contributed by atoms with Gasteiger partial charge in [-0.15, -0.1) is 0 Å². The number of nitrogens with one attached hydrogen (secondary N) is 1. The Morgan fingerprint density at radius 2 is 2.14 bits per heavy atom. The Hall–Kier alpha value is -2.20. The van der Waals surface area contributed by atoms with E-state index < -0.39 is 0 Å². The van der Waals surface area contributed by atoms with E-state index in [4.69, 9.17) is 4.42 Å². The Labute approximate surface area is 122 Å². The molecule has 2 aromatic heterocycles. The van der Waals surface area contributed by atoms with E-state index >= 15 is 0 Å². The lowest BCUT2D eigenvalue weighted by Crippen LogP contribution is -2.21. The molecule has 0 saturated carbocycles. The van der Waals surface area contributed by atoms with Crippen molar-refractivity contribution in [3.05, 3.63) is 65.4 Å². The highest BCUT2D eigenvalue weighted by Gasteiger charge is 2.19. The smallest absolute Gasteiger partial charge is 0.169 e. The maximum absolute atomic E-state index is 13.8. The van der Waals surface area contributed by atoms with Gasteiger partial charge in [0.2, 0.25) is 0 Å². The number of rotatable bonds is 4. The van der Waals surface area contributed by atoms with E-state index in [1.165, 1.54) is 6.07 Å².